The van der Waals surface area contributed by atoms with Crippen LogP contribution in [0.25, 0.3) is 0 Å². The molecule has 0 saturated heterocycles. The van der Waals surface area contributed by atoms with Gasteiger partial charge in [-0.1, -0.05) is 48.9 Å². The molecule has 0 heterocycles. The van der Waals surface area contributed by atoms with Crippen LogP contribution in [0.1, 0.15) is 23.6 Å². The minimum Gasteiger partial charge on any atom is -0.314 e. The van der Waals surface area contributed by atoms with Crippen LogP contribution in [0.3, 0.4) is 0 Å². The van der Waals surface area contributed by atoms with Crippen LogP contribution in [0.2, 0.25) is 0 Å². The zero-order valence-electron chi connectivity index (χ0n) is 12.5. The van der Waals surface area contributed by atoms with Gasteiger partial charge in [0.25, 0.3) is 0 Å². The Labute approximate surface area is 125 Å². The first-order valence-corrected chi connectivity index (χ1v) is 7.32. The van der Waals surface area contributed by atoms with Crippen molar-refractivity contribution in [2.45, 2.75) is 32.7 Å². The maximum Gasteiger partial charge on any atom is 0.162 e. The Balaban J connectivity index is 2.11. The number of hydrogen-bond donors (Lipinski definition) is 1. The summed E-state index contributed by atoms with van der Waals surface area (Å²) in [6, 6.07) is 12.8. The summed E-state index contributed by atoms with van der Waals surface area (Å²) in [4.78, 5) is 0. The molecule has 2 rings (SSSR count). The molecule has 0 aromatic heterocycles. The molecule has 2 aromatic rings. The van der Waals surface area contributed by atoms with Crippen LogP contribution in [0, 0.1) is 18.6 Å². The van der Waals surface area contributed by atoms with E-state index in [9.17, 15) is 8.78 Å². The first-order chi connectivity index (χ1) is 10.1. The molecule has 0 amide bonds. The predicted molar refractivity (Wildman–Crippen MR) is 82.4 cm³/mol. The molecule has 21 heavy (non-hydrogen) atoms. The largest absolute Gasteiger partial charge is 0.314 e. The Kier molecular flexibility index (Phi) is 5.45. The fourth-order valence-electron chi connectivity index (χ4n) is 2.49. The maximum atomic E-state index is 13.8. The number of aryl methyl sites for hydroxylation is 1. The van der Waals surface area contributed by atoms with Gasteiger partial charge in [0.1, 0.15) is 0 Å². The van der Waals surface area contributed by atoms with Crippen molar-refractivity contribution in [1.29, 1.82) is 0 Å². The normalized spacial score (nSPS) is 12.4. The number of rotatable bonds is 6. The van der Waals surface area contributed by atoms with E-state index in [1.54, 1.807) is 12.1 Å². The zero-order chi connectivity index (χ0) is 15.2. The van der Waals surface area contributed by atoms with Crippen LogP contribution in [-0.4, -0.2) is 12.6 Å². The second-order valence-corrected chi connectivity index (χ2v) is 5.36. The molecule has 0 radical (unpaired) electrons. The maximum absolute atomic E-state index is 13.8. The molecule has 0 bridgehead atoms. The monoisotopic (exact) mass is 289 g/mol. The van der Waals surface area contributed by atoms with Gasteiger partial charge in [-0.2, -0.15) is 0 Å². The van der Waals surface area contributed by atoms with Crippen LogP contribution in [0.4, 0.5) is 8.78 Å². The Morgan fingerprint density at radius 1 is 1.00 bits per heavy atom. The van der Waals surface area contributed by atoms with E-state index in [1.165, 1.54) is 11.1 Å². The third kappa shape index (κ3) is 4.36. The molecule has 1 unspecified atom stereocenters. The average molecular weight is 289 g/mol. The molecule has 3 heteroatoms. The Hall–Kier alpha value is -1.74. The van der Waals surface area contributed by atoms with Crippen molar-refractivity contribution in [2.75, 3.05) is 6.54 Å². The SMILES string of the molecule is CCNC(Cc1ccc(C)cc1)Cc1cccc(F)c1F. The lowest BCUT2D eigenvalue weighted by Gasteiger charge is -2.18. The second kappa shape index (κ2) is 7.32. The lowest BCUT2D eigenvalue weighted by Crippen LogP contribution is -2.33. The number of nitrogens with one attached hydrogen (secondary N) is 1. The van der Waals surface area contributed by atoms with Crippen molar-refractivity contribution in [3.05, 3.63) is 70.8 Å². The highest BCUT2D eigenvalue weighted by Gasteiger charge is 2.14. The summed E-state index contributed by atoms with van der Waals surface area (Å²) in [5.41, 5.74) is 2.84. The summed E-state index contributed by atoms with van der Waals surface area (Å²) >= 11 is 0. The lowest BCUT2D eigenvalue weighted by molar-refractivity contribution is 0.474. The Morgan fingerprint density at radius 3 is 2.38 bits per heavy atom. The molecule has 1 atom stereocenters. The van der Waals surface area contributed by atoms with Crippen LogP contribution < -0.4 is 5.32 Å². The van der Waals surface area contributed by atoms with Gasteiger partial charge >= 0.3 is 0 Å². The Bertz CT molecular complexity index is 578. The van der Waals surface area contributed by atoms with E-state index in [0.717, 1.165) is 19.0 Å². The van der Waals surface area contributed by atoms with Gasteiger partial charge in [-0.25, -0.2) is 8.78 Å². The first-order valence-electron chi connectivity index (χ1n) is 7.32. The van der Waals surface area contributed by atoms with E-state index in [-0.39, 0.29) is 6.04 Å². The van der Waals surface area contributed by atoms with Crippen molar-refractivity contribution in [3.63, 3.8) is 0 Å². The molecule has 0 fully saturated rings. The van der Waals surface area contributed by atoms with Gasteiger partial charge in [-0.05, 0) is 43.5 Å². The zero-order valence-corrected chi connectivity index (χ0v) is 12.5. The van der Waals surface area contributed by atoms with E-state index in [1.807, 2.05) is 13.8 Å². The van der Waals surface area contributed by atoms with E-state index in [4.69, 9.17) is 0 Å². The van der Waals surface area contributed by atoms with Gasteiger partial charge in [0.2, 0.25) is 0 Å². The van der Waals surface area contributed by atoms with Crippen molar-refractivity contribution in [1.82, 2.24) is 5.32 Å². The molecular formula is C18H21F2N. The lowest BCUT2D eigenvalue weighted by atomic mass is 9.98. The summed E-state index contributed by atoms with van der Waals surface area (Å²) in [5.74, 6) is -1.51. The van der Waals surface area contributed by atoms with E-state index < -0.39 is 11.6 Å². The van der Waals surface area contributed by atoms with Gasteiger partial charge in [-0.3, -0.25) is 0 Å². The number of hydrogen-bond acceptors (Lipinski definition) is 1. The topological polar surface area (TPSA) is 12.0 Å². The van der Waals surface area contributed by atoms with Crippen molar-refractivity contribution < 1.29 is 8.78 Å². The number of likely N-dealkylation sites (N-methyl/N-ethyl adjacent to an activating group) is 1. The first kappa shape index (κ1) is 15.6. The highest BCUT2D eigenvalue weighted by Crippen LogP contribution is 2.15. The highest BCUT2D eigenvalue weighted by molar-refractivity contribution is 5.24. The second-order valence-electron chi connectivity index (χ2n) is 5.36. The number of benzene rings is 2. The van der Waals surface area contributed by atoms with Crippen molar-refractivity contribution in [3.8, 4) is 0 Å². The summed E-state index contributed by atoms with van der Waals surface area (Å²) in [7, 11) is 0. The smallest absolute Gasteiger partial charge is 0.162 e. The summed E-state index contributed by atoms with van der Waals surface area (Å²) in [6.45, 7) is 4.87. The summed E-state index contributed by atoms with van der Waals surface area (Å²) in [6.07, 6.45) is 1.27. The fourth-order valence-corrected chi connectivity index (χ4v) is 2.49. The number of halogens is 2. The fraction of sp³-hybridized carbons (Fsp3) is 0.333. The van der Waals surface area contributed by atoms with Gasteiger partial charge in [0.05, 0.1) is 0 Å². The van der Waals surface area contributed by atoms with Gasteiger partial charge < -0.3 is 5.32 Å². The average Bonchev–Trinajstić information content (AvgIpc) is 2.46. The molecule has 0 aliphatic carbocycles. The van der Waals surface area contributed by atoms with Crippen LogP contribution in [0.15, 0.2) is 42.5 Å². The molecule has 1 N–H and O–H groups in total. The van der Waals surface area contributed by atoms with Crippen LogP contribution in [-0.2, 0) is 12.8 Å². The molecule has 0 aliphatic heterocycles. The quantitative estimate of drug-likeness (QED) is 0.846. The molecule has 0 spiro atoms. The van der Waals surface area contributed by atoms with Gasteiger partial charge in [0.15, 0.2) is 11.6 Å². The van der Waals surface area contributed by atoms with Gasteiger partial charge in [0, 0.05) is 6.04 Å². The van der Waals surface area contributed by atoms with Gasteiger partial charge in [-0.15, -0.1) is 0 Å². The molecule has 112 valence electrons. The van der Waals surface area contributed by atoms with Crippen molar-refractivity contribution >= 4 is 0 Å². The van der Waals surface area contributed by atoms with Crippen LogP contribution in [0.5, 0.6) is 0 Å². The third-order valence-corrected chi connectivity index (χ3v) is 3.59. The van der Waals surface area contributed by atoms with Crippen molar-refractivity contribution in [2.24, 2.45) is 0 Å². The molecule has 2 aromatic carbocycles. The van der Waals surface area contributed by atoms with E-state index in [2.05, 4.69) is 29.6 Å². The molecule has 1 nitrogen and oxygen atoms in total. The minimum atomic E-state index is -0.780. The molecule has 0 saturated carbocycles. The standard InChI is InChI=1S/C18H21F2N/c1-3-21-16(11-14-9-7-13(2)8-10-14)12-15-5-4-6-17(19)18(15)20/h4-10,16,21H,3,11-12H2,1-2H3. The predicted octanol–water partition coefficient (Wildman–Crippen LogP) is 4.04. The molecule has 0 aliphatic rings. The van der Waals surface area contributed by atoms with E-state index in [0.29, 0.717) is 12.0 Å². The third-order valence-electron chi connectivity index (χ3n) is 3.59. The highest BCUT2D eigenvalue weighted by atomic mass is 19.2. The van der Waals surface area contributed by atoms with Crippen LogP contribution >= 0.6 is 0 Å². The summed E-state index contributed by atoms with van der Waals surface area (Å²) in [5, 5.41) is 3.35. The Morgan fingerprint density at radius 2 is 1.71 bits per heavy atom. The summed E-state index contributed by atoms with van der Waals surface area (Å²) < 4.78 is 27.1. The molecular weight excluding hydrogens is 268 g/mol. The minimum absolute atomic E-state index is 0.0917. The van der Waals surface area contributed by atoms with E-state index >= 15 is 0 Å².